The quantitative estimate of drug-likeness (QED) is 0.739. The number of nitrogens with zero attached hydrogens (tertiary/aromatic N) is 2. The van der Waals surface area contributed by atoms with Crippen LogP contribution >= 0.6 is 11.3 Å². The normalized spacial score (nSPS) is 21.2. The van der Waals surface area contributed by atoms with Gasteiger partial charge in [0.2, 0.25) is 15.9 Å². The Labute approximate surface area is 177 Å². The molecule has 1 fully saturated rings. The molecule has 0 spiro atoms. The average molecular weight is 433 g/mol. The third kappa shape index (κ3) is 3.76. The van der Waals surface area contributed by atoms with Crippen LogP contribution in [-0.2, 0) is 21.2 Å². The molecule has 0 radical (unpaired) electrons. The molecule has 0 aliphatic carbocycles. The van der Waals surface area contributed by atoms with E-state index in [1.54, 1.807) is 21.7 Å². The number of sulfonamides is 1. The minimum Gasteiger partial charge on any atom is -0.335 e. The molecule has 2 aromatic rings. The zero-order chi connectivity index (χ0) is 20.8. The second kappa shape index (κ2) is 7.85. The van der Waals surface area contributed by atoms with Gasteiger partial charge in [0.05, 0.1) is 10.9 Å². The van der Waals surface area contributed by atoms with Gasteiger partial charge in [0.1, 0.15) is 0 Å². The van der Waals surface area contributed by atoms with Crippen LogP contribution in [0.5, 0.6) is 0 Å². The van der Waals surface area contributed by atoms with Crippen molar-refractivity contribution in [3.63, 3.8) is 0 Å². The van der Waals surface area contributed by atoms with Gasteiger partial charge in [-0.05, 0) is 68.7 Å². The number of benzene rings is 1. The van der Waals surface area contributed by atoms with Crippen molar-refractivity contribution in [1.29, 1.82) is 0 Å². The SMILES string of the molecule is Cc1ccc(S(=O)(=O)N2CCC(C(=O)N3CCc4sccc4C3C)CC2)c(C)c1. The molecule has 0 N–H and O–H groups in total. The van der Waals surface area contributed by atoms with E-state index >= 15 is 0 Å². The highest BCUT2D eigenvalue weighted by Gasteiger charge is 2.37. The number of rotatable bonds is 3. The number of carbonyl (C=O) groups excluding carboxylic acids is 1. The topological polar surface area (TPSA) is 57.7 Å². The Hall–Kier alpha value is -1.70. The van der Waals surface area contributed by atoms with Gasteiger partial charge in [0.15, 0.2) is 0 Å². The van der Waals surface area contributed by atoms with Gasteiger partial charge in [-0.15, -0.1) is 11.3 Å². The van der Waals surface area contributed by atoms with E-state index in [1.165, 1.54) is 10.4 Å². The second-order valence-corrected chi connectivity index (χ2v) is 11.1. The molecule has 1 unspecified atom stereocenters. The zero-order valence-electron chi connectivity index (χ0n) is 17.2. The van der Waals surface area contributed by atoms with Crippen LogP contribution in [0.4, 0.5) is 0 Å². The molecule has 2 aliphatic rings. The third-order valence-electron chi connectivity index (χ3n) is 6.31. The summed E-state index contributed by atoms with van der Waals surface area (Å²) >= 11 is 1.77. The van der Waals surface area contributed by atoms with Crippen molar-refractivity contribution >= 4 is 27.3 Å². The molecule has 3 heterocycles. The first kappa shape index (κ1) is 20.6. The first-order chi connectivity index (χ1) is 13.8. The molecule has 1 aromatic carbocycles. The smallest absolute Gasteiger partial charge is 0.243 e. The summed E-state index contributed by atoms with van der Waals surface area (Å²) in [6, 6.07) is 7.68. The van der Waals surface area contributed by atoms with E-state index in [1.807, 2.05) is 30.9 Å². The molecular weight excluding hydrogens is 404 g/mol. The minimum atomic E-state index is -3.52. The maximum Gasteiger partial charge on any atom is 0.243 e. The molecule has 1 aromatic heterocycles. The lowest BCUT2D eigenvalue weighted by atomic mass is 9.93. The van der Waals surface area contributed by atoms with Crippen LogP contribution < -0.4 is 0 Å². The van der Waals surface area contributed by atoms with Gasteiger partial charge in [-0.3, -0.25) is 4.79 Å². The van der Waals surface area contributed by atoms with Crippen molar-refractivity contribution in [3.05, 3.63) is 51.2 Å². The molecule has 7 heteroatoms. The van der Waals surface area contributed by atoms with E-state index < -0.39 is 10.0 Å². The van der Waals surface area contributed by atoms with E-state index in [4.69, 9.17) is 0 Å². The molecule has 1 amide bonds. The summed E-state index contributed by atoms with van der Waals surface area (Å²) in [6.45, 7) is 7.46. The first-order valence-electron chi connectivity index (χ1n) is 10.2. The molecule has 1 saturated heterocycles. The number of aryl methyl sites for hydroxylation is 2. The third-order valence-corrected chi connectivity index (χ3v) is 9.37. The summed E-state index contributed by atoms with van der Waals surface area (Å²) < 4.78 is 27.7. The molecule has 1 atom stereocenters. The fourth-order valence-corrected chi connectivity index (χ4v) is 7.25. The Morgan fingerprint density at radius 2 is 1.83 bits per heavy atom. The van der Waals surface area contributed by atoms with Crippen molar-refractivity contribution in [3.8, 4) is 0 Å². The predicted molar refractivity (Wildman–Crippen MR) is 116 cm³/mol. The van der Waals surface area contributed by atoms with Gasteiger partial charge in [-0.1, -0.05) is 17.7 Å². The number of amides is 1. The fraction of sp³-hybridized carbons (Fsp3) is 0.500. The van der Waals surface area contributed by atoms with Gasteiger partial charge in [-0.2, -0.15) is 4.31 Å². The van der Waals surface area contributed by atoms with Crippen LogP contribution in [0.3, 0.4) is 0 Å². The Balaban J connectivity index is 1.43. The Bertz CT molecular complexity index is 1020. The Morgan fingerprint density at radius 3 is 2.52 bits per heavy atom. The van der Waals surface area contributed by atoms with E-state index in [2.05, 4.69) is 18.4 Å². The maximum absolute atomic E-state index is 13.2. The lowest BCUT2D eigenvalue weighted by Crippen LogP contribution is -2.46. The lowest BCUT2D eigenvalue weighted by molar-refractivity contribution is -0.139. The number of fused-ring (bicyclic) bond motifs is 1. The molecule has 0 saturated carbocycles. The zero-order valence-corrected chi connectivity index (χ0v) is 18.9. The molecule has 29 heavy (non-hydrogen) atoms. The number of carbonyl (C=O) groups is 1. The largest absolute Gasteiger partial charge is 0.335 e. The fourth-order valence-electron chi connectivity index (χ4n) is 4.62. The van der Waals surface area contributed by atoms with Crippen LogP contribution in [-0.4, -0.2) is 43.2 Å². The van der Waals surface area contributed by atoms with Crippen LogP contribution in [0, 0.1) is 19.8 Å². The van der Waals surface area contributed by atoms with Crippen LogP contribution in [0.1, 0.15) is 47.4 Å². The molecular formula is C22H28N2O3S2. The van der Waals surface area contributed by atoms with E-state index in [-0.39, 0.29) is 17.9 Å². The summed E-state index contributed by atoms with van der Waals surface area (Å²) in [4.78, 5) is 16.9. The molecule has 0 bridgehead atoms. The molecule has 2 aliphatic heterocycles. The summed E-state index contributed by atoms with van der Waals surface area (Å²) in [5.41, 5.74) is 3.09. The first-order valence-corrected chi connectivity index (χ1v) is 12.5. The highest BCUT2D eigenvalue weighted by Crippen LogP contribution is 2.35. The van der Waals surface area contributed by atoms with E-state index in [0.717, 1.165) is 24.1 Å². The highest BCUT2D eigenvalue weighted by molar-refractivity contribution is 7.89. The predicted octanol–water partition coefficient (Wildman–Crippen LogP) is 3.91. The molecule has 5 nitrogen and oxygen atoms in total. The summed E-state index contributed by atoms with van der Waals surface area (Å²) in [7, 11) is -3.52. The van der Waals surface area contributed by atoms with Gasteiger partial charge in [0.25, 0.3) is 0 Å². The number of hydrogen-bond acceptors (Lipinski definition) is 4. The second-order valence-electron chi connectivity index (χ2n) is 8.20. The van der Waals surface area contributed by atoms with Crippen LogP contribution in [0.25, 0.3) is 0 Å². The van der Waals surface area contributed by atoms with Gasteiger partial charge in [-0.25, -0.2) is 8.42 Å². The van der Waals surface area contributed by atoms with Crippen LogP contribution in [0.15, 0.2) is 34.5 Å². The van der Waals surface area contributed by atoms with Crippen molar-refractivity contribution in [2.75, 3.05) is 19.6 Å². The molecule has 156 valence electrons. The standard InChI is InChI=1S/C22H28N2O3S2/c1-15-4-5-21(16(2)14-15)29(26,27)23-10-6-18(7-11-23)22(25)24-12-8-20-19(17(24)3)9-13-28-20/h4-5,9,13-14,17-18H,6-8,10-12H2,1-3H3. The van der Waals surface area contributed by atoms with E-state index in [0.29, 0.717) is 30.8 Å². The monoisotopic (exact) mass is 432 g/mol. The van der Waals surface area contributed by atoms with Crippen molar-refractivity contribution in [2.24, 2.45) is 5.92 Å². The lowest BCUT2D eigenvalue weighted by Gasteiger charge is -2.38. The van der Waals surface area contributed by atoms with Gasteiger partial charge >= 0.3 is 0 Å². The van der Waals surface area contributed by atoms with Gasteiger partial charge < -0.3 is 4.90 Å². The Kier molecular flexibility index (Phi) is 5.57. The summed E-state index contributed by atoms with van der Waals surface area (Å²) in [6.07, 6.45) is 2.09. The van der Waals surface area contributed by atoms with Gasteiger partial charge in [0, 0.05) is 30.4 Å². The van der Waals surface area contributed by atoms with Crippen molar-refractivity contribution in [1.82, 2.24) is 9.21 Å². The molecule has 4 rings (SSSR count). The van der Waals surface area contributed by atoms with Crippen molar-refractivity contribution < 1.29 is 13.2 Å². The van der Waals surface area contributed by atoms with E-state index in [9.17, 15) is 13.2 Å². The number of piperidine rings is 1. The summed E-state index contributed by atoms with van der Waals surface area (Å²) in [5.74, 6) is 0.0844. The maximum atomic E-state index is 13.2. The van der Waals surface area contributed by atoms with Crippen LogP contribution in [0.2, 0.25) is 0 Å². The summed E-state index contributed by atoms with van der Waals surface area (Å²) in [5, 5.41) is 2.10. The number of thiophene rings is 1. The highest BCUT2D eigenvalue weighted by atomic mass is 32.2. The Morgan fingerprint density at radius 1 is 1.10 bits per heavy atom. The van der Waals surface area contributed by atoms with Crippen molar-refractivity contribution in [2.45, 2.75) is 51.0 Å². The average Bonchev–Trinajstić information content (AvgIpc) is 3.17. The number of hydrogen-bond donors (Lipinski definition) is 0. The minimum absolute atomic E-state index is 0.0943.